The summed E-state index contributed by atoms with van der Waals surface area (Å²) in [6.07, 6.45) is 0.942. The number of hydrogen-bond donors (Lipinski definition) is 1. The van der Waals surface area contributed by atoms with E-state index in [1.54, 1.807) is 25.1 Å². The lowest BCUT2D eigenvalue weighted by Crippen LogP contribution is -2.41. The van der Waals surface area contributed by atoms with Gasteiger partial charge in [0.05, 0.1) is 17.9 Å². The molecule has 0 aliphatic carbocycles. The van der Waals surface area contributed by atoms with Crippen molar-refractivity contribution in [2.24, 2.45) is 5.92 Å². The molecule has 2 aromatic carbocycles. The van der Waals surface area contributed by atoms with Crippen LogP contribution in [0.25, 0.3) is 0 Å². The molecule has 0 atom stereocenters. The molecule has 172 valence electrons. The van der Waals surface area contributed by atoms with E-state index >= 15 is 0 Å². The van der Waals surface area contributed by atoms with Gasteiger partial charge in [-0.2, -0.15) is 0 Å². The summed E-state index contributed by atoms with van der Waals surface area (Å²) in [5.41, 5.74) is 3.64. The Morgan fingerprint density at radius 1 is 1.09 bits per heavy atom. The summed E-state index contributed by atoms with van der Waals surface area (Å²) < 4.78 is 32.1. The van der Waals surface area contributed by atoms with Crippen molar-refractivity contribution in [3.05, 3.63) is 64.7 Å². The molecule has 32 heavy (non-hydrogen) atoms. The van der Waals surface area contributed by atoms with Crippen LogP contribution in [0.5, 0.6) is 0 Å². The Labute approximate surface area is 189 Å². The molecule has 7 nitrogen and oxygen atoms in total. The van der Waals surface area contributed by atoms with Crippen LogP contribution in [-0.4, -0.2) is 44.3 Å². The van der Waals surface area contributed by atoms with Crippen LogP contribution < -0.4 is 5.32 Å². The van der Waals surface area contributed by atoms with Crippen molar-refractivity contribution >= 4 is 27.6 Å². The average Bonchev–Trinajstić information content (AvgIpc) is 2.75. The molecule has 8 heteroatoms. The van der Waals surface area contributed by atoms with Gasteiger partial charge in [0, 0.05) is 24.7 Å². The minimum Gasteiger partial charge on any atom is -0.462 e. The van der Waals surface area contributed by atoms with Gasteiger partial charge in [-0.1, -0.05) is 29.8 Å². The number of rotatable bonds is 7. The predicted octanol–water partition coefficient (Wildman–Crippen LogP) is 3.66. The second-order valence-electron chi connectivity index (χ2n) is 8.16. The first-order chi connectivity index (χ1) is 15.2. The van der Waals surface area contributed by atoms with Gasteiger partial charge >= 0.3 is 5.97 Å². The number of amides is 1. The van der Waals surface area contributed by atoms with Gasteiger partial charge in [-0.25, -0.2) is 17.5 Å². The molecule has 1 aliphatic rings. The van der Waals surface area contributed by atoms with E-state index in [2.05, 4.69) is 5.32 Å². The monoisotopic (exact) mass is 458 g/mol. The Kier molecular flexibility index (Phi) is 7.69. The zero-order chi connectivity index (χ0) is 23.3. The number of esters is 1. The minimum atomic E-state index is -3.43. The van der Waals surface area contributed by atoms with Gasteiger partial charge in [-0.3, -0.25) is 4.79 Å². The van der Waals surface area contributed by atoms with Crippen molar-refractivity contribution in [3.63, 3.8) is 0 Å². The molecule has 2 aromatic rings. The molecule has 1 amide bonds. The van der Waals surface area contributed by atoms with Gasteiger partial charge in [0.1, 0.15) is 0 Å². The molecule has 1 aliphatic heterocycles. The first-order valence-electron chi connectivity index (χ1n) is 10.8. The fourth-order valence-electron chi connectivity index (χ4n) is 3.88. The van der Waals surface area contributed by atoms with Crippen molar-refractivity contribution < 1.29 is 22.7 Å². The highest BCUT2D eigenvalue weighted by molar-refractivity contribution is 7.88. The van der Waals surface area contributed by atoms with E-state index in [-0.39, 0.29) is 17.6 Å². The number of anilines is 1. The number of benzene rings is 2. The molecule has 0 spiro atoms. The third kappa shape index (κ3) is 5.95. The quantitative estimate of drug-likeness (QED) is 0.639. The van der Waals surface area contributed by atoms with Crippen LogP contribution in [0.1, 0.15) is 46.8 Å². The van der Waals surface area contributed by atoms with Crippen molar-refractivity contribution in [1.82, 2.24) is 4.31 Å². The predicted molar refractivity (Wildman–Crippen MR) is 124 cm³/mol. The third-order valence-electron chi connectivity index (χ3n) is 5.65. The maximum atomic E-state index is 12.8. The molecule has 1 saturated heterocycles. The average molecular weight is 459 g/mol. The first kappa shape index (κ1) is 23.9. The van der Waals surface area contributed by atoms with E-state index in [1.165, 1.54) is 4.31 Å². The van der Waals surface area contributed by atoms with Gasteiger partial charge in [0.2, 0.25) is 15.9 Å². The fourth-order valence-corrected chi connectivity index (χ4v) is 5.43. The normalized spacial score (nSPS) is 15.3. The molecular weight excluding hydrogens is 428 g/mol. The topological polar surface area (TPSA) is 92.8 Å². The smallest absolute Gasteiger partial charge is 0.338 e. The molecule has 1 N–H and O–H groups in total. The Hall–Kier alpha value is -2.71. The largest absolute Gasteiger partial charge is 0.462 e. The number of sulfonamides is 1. The second-order valence-corrected chi connectivity index (χ2v) is 10.1. The van der Waals surface area contributed by atoms with Gasteiger partial charge in [0.25, 0.3) is 0 Å². The number of hydrogen-bond acceptors (Lipinski definition) is 5. The standard InChI is InChI=1S/C24H30N2O5S/c1-4-31-24(28)21-8-9-22(18(3)15-21)25-23(27)20-10-12-26(13-11-20)32(29,30)16-19-7-5-6-17(2)14-19/h5-9,14-15,20H,4,10-13,16H2,1-3H3,(H,25,27). The summed E-state index contributed by atoms with van der Waals surface area (Å²) in [4.78, 5) is 24.6. The van der Waals surface area contributed by atoms with Crippen molar-refractivity contribution in [3.8, 4) is 0 Å². The summed E-state index contributed by atoms with van der Waals surface area (Å²) in [7, 11) is -3.43. The summed E-state index contributed by atoms with van der Waals surface area (Å²) >= 11 is 0. The molecule has 1 fully saturated rings. The van der Waals surface area contributed by atoms with Crippen molar-refractivity contribution in [2.45, 2.75) is 39.4 Å². The highest BCUT2D eigenvalue weighted by atomic mass is 32.2. The lowest BCUT2D eigenvalue weighted by atomic mass is 9.97. The molecule has 0 unspecified atom stereocenters. The molecule has 0 saturated carbocycles. The number of aryl methyl sites for hydroxylation is 2. The van der Waals surface area contributed by atoms with Crippen LogP contribution in [0.15, 0.2) is 42.5 Å². The van der Waals surface area contributed by atoms with Crippen LogP contribution in [0.3, 0.4) is 0 Å². The molecule has 0 bridgehead atoms. The van der Waals surface area contributed by atoms with Gasteiger partial charge in [-0.05, 0) is 62.9 Å². The molecule has 1 heterocycles. The molecule has 3 rings (SSSR count). The Morgan fingerprint density at radius 2 is 1.81 bits per heavy atom. The van der Waals surface area contributed by atoms with Crippen LogP contribution in [-0.2, 0) is 25.3 Å². The van der Waals surface area contributed by atoms with E-state index < -0.39 is 16.0 Å². The minimum absolute atomic E-state index is 0.0302. The van der Waals surface area contributed by atoms with Gasteiger partial charge < -0.3 is 10.1 Å². The highest BCUT2D eigenvalue weighted by Gasteiger charge is 2.31. The summed E-state index contributed by atoms with van der Waals surface area (Å²) in [6, 6.07) is 12.5. The number of nitrogens with one attached hydrogen (secondary N) is 1. The zero-order valence-corrected chi connectivity index (χ0v) is 19.6. The first-order valence-corrected chi connectivity index (χ1v) is 12.4. The zero-order valence-electron chi connectivity index (χ0n) is 18.8. The second kappa shape index (κ2) is 10.3. The molecule has 0 aromatic heterocycles. The number of carbonyl (C=O) groups is 2. The molecular formula is C24H30N2O5S. The van der Waals surface area contributed by atoms with Crippen LogP contribution in [0, 0.1) is 19.8 Å². The summed E-state index contributed by atoms with van der Waals surface area (Å²) in [5.74, 6) is -0.817. The lowest BCUT2D eigenvalue weighted by molar-refractivity contribution is -0.120. The number of piperidine rings is 1. The van der Waals surface area contributed by atoms with E-state index in [9.17, 15) is 18.0 Å². The number of ether oxygens (including phenoxy) is 1. The van der Waals surface area contributed by atoms with Crippen LogP contribution >= 0.6 is 0 Å². The van der Waals surface area contributed by atoms with Crippen LogP contribution in [0.4, 0.5) is 5.69 Å². The Morgan fingerprint density at radius 3 is 2.44 bits per heavy atom. The SMILES string of the molecule is CCOC(=O)c1ccc(NC(=O)C2CCN(S(=O)(=O)Cc3cccc(C)c3)CC2)c(C)c1. The van der Waals surface area contributed by atoms with Crippen molar-refractivity contribution in [1.29, 1.82) is 0 Å². The summed E-state index contributed by atoms with van der Waals surface area (Å²) in [6.45, 7) is 6.46. The van der Waals surface area contributed by atoms with Gasteiger partial charge in [0.15, 0.2) is 0 Å². The van der Waals surface area contributed by atoms with Crippen molar-refractivity contribution in [2.75, 3.05) is 25.0 Å². The Balaban J connectivity index is 1.57. The highest BCUT2D eigenvalue weighted by Crippen LogP contribution is 2.25. The third-order valence-corrected chi connectivity index (χ3v) is 7.50. The maximum absolute atomic E-state index is 12.8. The Bertz CT molecular complexity index is 1090. The number of nitrogens with zero attached hydrogens (tertiary/aromatic N) is 1. The number of carbonyl (C=O) groups excluding carboxylic acids is 2. The lowest BCUT2D eigenvalue weighted by Gasteiger charge is -2.30. The van der Waals surface area contributed by atoms with E-state index in [1.807, 2.05) is 38.1 Å². The summed E-state index contributed by atoms with van der Waals surface area (Å²) in [5, 5.41) is 2.92. The molecule has 0 radical (unpaired) electrons. The van der Waals surface area contributed by atoms with E-state index in [4.69, 9.17) is 4.74 Å². The maximum Gasteiger partial charge on any atom is 0.338 e. The fraction of sp³-hybridized carbons (Fsp3) is 0.417. The van der Waals surface area contributed by atoms with E-state index in [0.29, 0.717) is 43.8 Å². The van der Waals surface area contributed by atoms with E-state index in [0.717, 1.165) is 16.7 Å². The van der Waals surface area contributed by atoms with Gasteiger partial charge in [-0.15, -0.1) is 0 Å². The van der Waals surface area contributed by atoms with Crippen LogP contribution in [0.2, 0.25) is 0 Å².